The van der Waals surface area contributed by atoms with Crippen molar-refractivity contribution in [3.05, 3.63) is 60.6 Å². The Bertz CT molecular complexity index is 1240. The molecule has 150 valence electrons. The molecule has 1 fully saturated rings. The third-order valence-electron chi connectivity index (χ3n) is 5.48. The number of pyridine rings is 2. The van der Waals surface area contributed by atoms with Gasteiger partial charge in [0, 0.05) is 22.7 Å². The fourth-order valence-corrected chi connectivity index (χ4v) is 3.77. The number of rotatable bonds is 4. The monoisotopic (exact) mass is 399 g/mol. The van der Waals surface area contributed by atoms with Crippen molar-refractivity contribution in [2.24, 2.45) is 11.7 Å². The Balaban J connectivity index is 1.47. The van der Waals surface area contributed by atoms with Crippen LogP contribution in [0.15, 0.2) is 54.9 Å². The van der Waals surface area contributed by atoms with Crippen LogP contribution >= 0.6 is 0 Å². The number of aromatic nitrogens is 4. The lowest BCUT2D eigenvalue weighted by Gasteiger charge is -2.30. The molecule has 5 rings (SSSR count). The minimum atomic E-state index is -0.239. The molecule has 0 unspecified atom stereocenters. The average Bonchev–Trinajstić information content (AvgIpc) is 3.21. The summed E-state index contributed by atoms with van der Waals surface area (Å²) in [7, 11) is 0. The molecule has 0 amide bonds. The zero-order valence-electron chi connectivity index (χ0n) is 16.5. The van der Waals surface area contributed by atoms with Gasteiger partial charge < -0.3 is 10.5 Å². The molecular formula is C23H21N5O2. The van der Waals surface area contributed by atoms with E-state index in [0.717, 1.165) is 39.1 Å². The van der Waals surface area contributed by atoms with Crippen molar-refractivity contribution in [2.45, 2.75) is 25.8 Å². The molecule has 1 aliphatic rings. The van der Waals surface area contributed by atoms with Crippen molar-refractivity contribution in [1.29, 1.82) is 0 Å². The van der Waals surface area contributed by atoms with Gasteiger partial charge in [0.15, 0.2) is 0 Å². The maximum absolute atomic E-state index is 12.2. The summed E-state index contributed by atoms with van der Waals surface area (Å²) in [4.78, 5) is 21.3. The summed E-state index contributed by atoms with van der Waals surface area (Å²) in [5, 5.41) is 8.16. The van der Waals surface area contributed by atoms with Gasteiger partial charge in [0.2, 0.25) is 0 Å². The number of nitrogens with two attached hydrogens (primary N) is 1. The number of nitrogens with zero attached hydrogens (tertiary/aromatic N) is 3. The molecule has 3 N–H and O–H groups in total. The van der Waals surface area contributed by atoms with Crippen LogP contribution in [0, 0.1) is 12.8 Å². The summed E-state index contributed by atoms with van der Waals surface area (Å²) in [6, 6.07) is 13.8. The maximum Gasteiger partial charge on any atom is 0.314 e. The Kier molecular flexibility index (Phi) is 4.52. The quantitative estimate of drug-likeness (QED) is 0.508. The topological polar surface area (TPSA) is 107 Å². The second-order valence-corrected chi connectivity index (χ2v) is 7.75. The number of carbonyl (C=O) groups excluding carboxylic acids is 1. The van der Waals surface area contributed by atoms with Crippen LogP contribution in [0.1, 0.15) is 18.5 Å². The fraction of sp³-hybridized carbons (Fsp3) is 0.217. The Hall–Kier alpha value is -3.58. The number of hydrogen-bond donors (Lipinski definition) is 2. The lowest BCUT2D eigenvalue weighted by molar-refractivity contribution is -0.142. The van der Waals surface area contributed by atoms with Crippen molar-refractivity contribution in [2.75, 3.05) is 0 Å². The zero-order chi connectivity index (χ0) is 20.7. The highest BCUT2D eigenvalue weighted by Gasteiger charge is 2.33. The van der Waals surface area contributed by atoms with Gasteiger partial charge in [-0.15, -0.1) is 0 Å². The predicted octanol–water partition coefficient (Wildman–Crippen LogP) is 3.64. The van der Waals surface area contributed by atoms with E-state index in [0.29, 0.717) is 18.6 Å². The molecule has 0 bridgehead atoms. The largest absolute Gasteiger partial charge is 0.425 e. The van der Waals surface area contributed by atoms with Crippen molar-refractivity contribution < 1.29 is 9.53 Å². The number of fused-ring (bicyclic) bond motifs is 1. The molecule has 1 aromatic carbocycles. The van der Waals surface area contributed by atoms with E-state index in [1.165, 1.54) is 0 Å². The maximum atomic E-state index is 12.2. The lowest BCUT2D eigenvalue weighted by Crippen LogP contribution is -2.41. The van der Waals surface area contributed by atoms with Crippen LogP contribution in [0.5, 0.6) is 5.75 Å². The van der Waals surface area contributed by atoms with Crippen LogP contribution in [0.25, 0.3) is 33.4 Å². The first-order valence-corrected chi connectivity index (χ1v) is 9.91. The van der Waals surface area contributed by atoms with Crippen LogP contribution in [0.3, 0.4) is 0 Å². The first kappa shape index (κ1) is 18.4. The Labute approximate surface area is 173 Å². The number of ether oxygens (including phenoxy) is 1. The van der Waals surface area contributed by atoms with Crippen molar-refractivity contribution in [1.82, 2.24) is 20.2 Å². The van der Waals surface area contributed by atoms with Gasteiger partial charge in [0.25, 0.3) is 0 Å². The summed E-state index contributed by atoms with van der Waals surface area (Å²) in [5.41, 5.74) is 11.1. The summed E-state index contributed by atoms with van der Waals surface area (Å²) < 4.78 is 5.53. The first-order valence-electron chi connectivity index (χ1n) is 9.91. The van der Waals surface area contributed by atoms with E-state index < -0.39 is 0 Å². The average molecular weight is 399 g/mol. The number of esters is 1. The van der Waals surface area contributed by atoms with Crippen molar-refractivity contribution >= 4 is 16.9 Å². The molecule has 0 radical (unpaired) electrons. The van der Waals surface area contributed by atoms with E-state index in [2.05, 4.69) is 20.2 Å². The third-order valence-corrected chi connectivity index (χ3v) is 5.48. The molecule has 0 saturated heterocycles. The van der Waals surface area contributed by atoms with Crippen LogP contribution < -0.4 is 10.5 Å². The highest BCUT2D eigenvalue weighted by molar-refractivity contribution is 5.89. The minimum Gasteiger partial charge on any atom is -0.425 e. The Morgan fingerprint density at radius 3 is 2.83 bits per heavy atom. The minimum absolute atomic E-state index is 0.104. The van der Waals surface area contributed by atoms with Gasteiger partial charge in [-0.2, -0.15) is 5.10 Å². The SMILES string of the molecule is Cc1cccc(-c2[nH]ncc2-c2ccc3ncc(OC(=O)C4CC(N)C4)cc3c2)n1. The van der Waals surface area contributed by atoms with Gasteiger partial charge in [0.05, 0.1) is 35.2 Å². The molecule has 1 aliphatic carbocycles. The standard InChI is InChI=1S/C23H21N5O2/c1-13-3-2-4-21(27-13)22-19(12-26-28-22)14-5-6-20-15(7-14)10-18(11-25-20)30-23(29)16-8-17(24)9-16/h2-7,10-12,16-17H,8-9,24H2,1H3,(H,26,28). The van der Waals surface area contributed by atoms with Crippen LogP contribution in [0.4, 0.5) is 0 Å². The van der Waals surface area contributed by atoms with E-state index in [1.54, 1.807) is 12.4 Å². The molecule has 30 heavy (non-hydrogen) atoms. The molecule has 0 spiro atoms. The molecule has 7 heteroatoms. The van der Waals surface area contributed by atoms with Crippen molar-refractivity contribution in [3.8, 4) is 28.3 Å². The number of H-pyrrole nitrogens is 1. The van der Waals surface area contributed by atoms with Gasteiger partial charge in [-0.25, -0.2) is 0 Å². The first-order chi connectivity index (χ1) is 14.6. The van der Waals surface area contributed by atoms with Gasteiger partial charge in [-0.05, 0) is 55.7 Å². The Morgan fingerprint density at radius 2 is 2.03 bits per heavy atom. The summed E-state index contributed by atoms with van der Waals surface area (Å²) in [6.07, 6.45) is 4.73. The van der Waals surface area contributed by atoms with Crippen LogP contribution in [0.2, 0.25) is 0 Å². The number of aromatic amines is 1. The Morgan fingerprint density at radius 1 is 1.17 bits per heavy atom. The van der Waals surface area contributed by atoms with Gasteiger partial charge in [-0.1, -0.05) is 12.1 Å². The predicted molar refractivity (Wildman–Crippen MR) is 114 cm³/mol. The molecule has 0 aliphatic heterocycles. The highest BCUT2D eigenvalue weighted by Crippen LogP contribution is 2.32. The molecule has 0 atom stereocenters. The van der Waals surface area contributed by atoms with E-state index in [-0.39, 0.29) is 17.9 Å². The smallest absolute Gasteiger partial charge is 0.314 e. The van der Waals surface area contributed by atoms with E-state index in [4.69, 9.17) is 10.5 Å². The summed E-state index contributed by atoms with van der Waals surface area (Å²) in [5.74, 6) is 0.0897. The summed E-state index contributed by atoms with van der Waals surface area (Å²) in [6.45, 7) is 1.96. The number of benzene rings is 1. The highest BCUT2D eigenvalue weighted by atomic mass is 16.5. The van der Waals surface area contributed by atoms with Gasteiger partial charge >= 0.3 is 5.97 Å². The number of nitrogens with one attached hydrogen (secondary N) is 1. The van der Waals surface area contributed by atoms with E-state index in [9.17, 15) is 4.79 Å². The molecule has 7 nitrogen and oxygen atoms in total. The van der Waals surface area contributed by atoms with Gasteiger partial charge in [0.1, 0.15) is 5.75 Å². The molecule has 3 heterocycles. The number of carbonyl (C=O) groups is 1. The number of hydrogen-bond acceptors (Lipinski definition) is 6. The number of aryl methyl sites for hydroxylation is 1. The lowest BCUT2D eigenvalue weighted by atomic mass is 9.81. The van der Waals surface area contributed by atoms with Crippen LogP contribution in [-0.2, 0) is 4.79 Å². The fourth-order valence-electron chi connectivity index (χ4n) is 3.77. The van der Waals surface area contributed by atoms with Gasteiger partial charge in [-0.3, -0.25) is 19.9 Å². The molecule has 1 saturated carbocycles. The second-order valence-electron chi connectivity index (χ2n) is 7.75. The zero-order valence-corrected chi connectivity index (χ0v) is 16.5. The van der Waals surface area contributed by atoms with E-state index in [1.807, 2.05) is 49.4 Å². The molecular weight excluding hydrogens is 378 g/mol. The van der Waals surface area contributed by atoms with Crippen molar-refractivity contribution in [3.63, 3.8) is 0 Å². The third kappa shape index (κ3) is 3.44. The second kappa shape index (κ2) is 7.35. The molecule has 3 aromatic heterocycles. The normalized spacial score (nSPS) is 18.2. The van der Waals surface area contributed by atoms with E-state index >= 15 is 0 Å². The molecule has 4 aromatic rings. The summed E-state index contributed by atoms with van der Waals surface area (Å²) >= 11 is 0. The van der Waals surface area contributed by atoms with Crippen LogP contribution in [-0.4, -0.2) is 32.2 Å².